The van der Waals surface area contributed by atoms with Gasteiger partial charge >= 0.3 is 6.03 Å². The third-order valence-corrected chi connectivity index (χ3v) is 5.39. The van der Waals surface area contributed by atoms with Crippen molar-refractivity contribution in [2.75, 3.05) is 32.1 Å². The molecule has 1 unspecified atom stereocenters. The molecule has 0 saturated carbocycles. The Kier molecular flexibility index (Phi) is 4.66. The van der Waals surface area contributed by atoms with Gasteiger partial charge in [0.05, 0.1) is 18.8 Å². The molecule has 2 aliphatic rings. The molecule has 28 heavy (non-hydrogen) atoms. The van der Waals surface area contributed by atoms with Crippen LogP contribution in [0.25, 0.3) is 0 Å². The van der Waals surface area contributed by atoms with Crippen molar-refractivity contribution in [1.82, 2.24) is 9.80 Å². The van der Waals surface area contributed by atoms with Crippen LogP contribution in [0.5, 0.6) is 5.75 Å². The van der Waals surface area contributed by atoms with Crippen LogP contribution < -0.4 is 10.1 Å². The third kappa shape index (κ3) is 3.28. The zero-order valence-electron chi connectivity index (χ0n) is 15.9. The van der Waals surface area contributed by atoms with Gasteiger partial charge in [-0.05, 0) is 54.3 Å². The van der Waals surface area contributed by atoms with E-state index >= 15 is 0 Å². The highest BCUT2D eigenvalue weighted by Crippen LogP contribution is 2.34. The number of piperazine rings is 1. The number of hydrogen-bond acceptors (Lipinski definition) is 3. The molecule has 146 valence electrons. The number of nitrogens with one attached hydrogen (secondary N) is 1. The first-order chi connectivity index (χ1) is 13.5. The Balaban J connectivity index is 1.57. The monoisotopic (exact) mass is 383 g/mol. The molecule has 0 aromatic heterocycles. The number of anilines is 1. The number of carbonyl (C=O) groups is 2. The fraction of sp³-hybridized carbons (Fsp3) is 0.333. The maximum absolute atomic E-state index is 13.6. The van der Waals surface area contributed by atoms with Gasteiger partial charge in [0.15, 0.2) is 0 Å². The van der Waals surface area contributed by atoms with Crippen molar-refractivity contribution in [3.05, 3.63) is 58.9 Å². The van der Waals surface area contributed by atoms with Gasteiger partial charge in [0, 0.05) is 13.1 Å². The molecule has 1 saturated heterocycles. The Labute approximate surface area is 162 Å². The Morgan fingerprint density at radius 3 is 2.86 bits per heavy atom. The van der Waals surface area contributed by atoms with Crippen LogP contribution in [0.15, 0.2) is 36.4 Å². The average molecular weight is 383 g/mol. The predicted molar refractivity (Wildman–Crippen MR) is 103 cm³/mol. The van der Waals surface area contributed by atoms with E-state index in [1.54, 1.807) is 24.1 Å². The number of carbonyl (C=O) groups excluding carboxylic acids is 2. The van der Waals surface area contributed by atoms with Gasteiger partial charge < -0.3 is 19.9 Å². The minimum absolute atomic E-state index is 0.0208. The van der Waals surface area contributed by atoms with Gasteiger partial charge in [-0.3, -0.25) is 4.79 Å². The topological polar surface area (TPSA) is 61.9 Å². The van der Waals surface area contributed by atoms with Crippen molar-refractivity contribution in [2.24, 2.45) is 0 Å². The van der Waals surface area contributed by atoms with Crippen LogP contribution in [0.4, 0.5) is 14.9 Å². The Hall–Kier alpha value is -3.09. The molecule has 2 aliphatic heterocycles. The lowest BCUT2D eigenvalue weighted by molar-refractivity contribution is -0.139. The molecule has 2 heterocycles. The summed E-state index contributed by atoms with van der Waals surface area (Å²) in [5.41, 5.74) is 3.36. The van der Waals surface area contributed by atoms with E-state index < -0.39 is 0 Å². The van der Waals surface area contributed by atoms with Crippen LogP contribution in [-0.4, -0.2) is 48.5 Å². The number of halogens is 1. The van der Waals surface area contributed by atoms with Gasteiger partial charge in [-0.2, -0.15) is 0 Å². The largest absolute Gasteiger partial charge is 0.495 e. The molecule has 3 amide bonds. The molecular weight excluding hydrogens is 361 g/mol. The van der Waals surface area contributed by atoms with E-state index in [0.29, 0.717) is 30.9 Å². The standard InChI is InChI=1S/C21H22FN3O3/c1-13-3-6-19(28-2)17(9-13)23-21(27)24-11-18-16-5-4-15(22)10-14(16)7-8-25(18)20(26)12-24/h3-6,9-10,18H,7-8,11-12H2,1-2H3,(H,23,27). The van der Waals surface area contributed by atoms with E-state index in [1.807, 2.05) is 19.1 Å². The Morgan fingerprint density at radius 2 is 2.07 bits per heavy atom. The Bertz CT molecular complexity index is 946. The lowest BCUT2D eigenvalue weighted by atomic mass is 9.90. The first kappa shape index (κ1) is 18.3. The molecule has 0 spiro atoms. The minimum atomic E-state index is -0.355. The highest BCUT2D eigenvalue weighted by atomic mass is 19.1. The molecule has 6 nitrogen and oxygen atoms in total. The van der Waals surface area contributed by atoms with Crippen molar-refractivity contribution in [3.8, 4) is 5.75 Å². The number of urea groups is 1. The molecule has 1 fully saturated rings. The predicted octanol–water partition coefficient (Wildman–Crippen LogP) is 3.12. The second-order valence-corrected chi connectivity index (χ2v) is 7.21. The van der Waals surface area contributed by atoms with Gasteiger partial charge in [0.1, 0.15) is 18.1 Å². The van der Waals surface area contributed by atoms with E-state index in [9.17, 15) is 14.0 Å². The quantitative estimate of drug-likeness (QED) is 0.867. The van der Waals surface area contributed by atoms with Crippen molar-refractivity contribution in [3.63, 3.8) is 0 Å². The number of hydrogen-bond donors (Lipinski definition) is 1. The van der Waals surface area contributed by atoms with Crippen LogP contribution in [0.1, 0.15) is 22.7 Å². The summed E-state index contributed by atoms with van der Waals surface area (Å²) in [7, 11) is 1.54. The van der Waals surface area contributed by atoms with E-state index in [0.717, 1.165) is 16.7 Å². The van der Waals surface area contributed by atoms with E-state index in [1.165, 1.54) is 17.0 Å². The van der Waals surface area contributed by atoms with E-state index in [-0.39, 0.29) is 30.3 Å². The summed E-state index contributed by atoms with van der Waals surface area (Å²) in [6.45, 7) is 2.86. The summed E-state index contributed by atoms with van der Waals surface area (Å²) in [6.07, 6.45) is 0.627. The number of ether oxygens (including phenoxy) is 1. The number of amides is 3. The van der Waals surface area contributed by atoms with E-state index in [4.69, 9.17) is 4.74 Å². The third-order valence-electron chi connectivity index (χ3n) is 5.39. The van der Waals surface area contributed by atoms with Gasteiger partial charge in [-0.15, -0.1) is 0 Å². The molecular formula is C21H22FN3O3. The molecule has 0 radical (unpaired) electrons. The summed E-state index contributed by atoms with van der Waals surface area (Å²) in [4.78, 5) is 28.8. The van der Waals surface area contributed by atoms with E-state index in [2.05, 4.69) is 5.32 Å². The molecule has 2 aromatic carbocycles. The van der Waals surface area contributed by atoms with Crippen molar-refractivity contribution < 1.29 is 18.7 Å². The molecule has 2 aromatic rings. The highest BCUT2D eigenvalue weighted by molar-refractivity contribution is 5.94. The number of rotatable bonds is 2. The fourth-order valence-corrected chi connectivity index (χ4v) is 3.97. The summed E-state index contributed by atoms with van der Waals surface area (Å²) >= 11 is 0. The number of methoxy groups -OCH3 is 1. The number of benzene rings is 2. The van der Waals surface area contributed by atoms with Crippen LogP contribution in [-0.2, 0) is 11.2 Å². The summed E-state index contributed by atoms with van der Waals surface area (Å²) in [5.74, 6) is 0.176. The molecule has 0 bridgehead atoms. The first-order valence-corrected chi connectivity index (χ1v) is 9.24. The van der Waals surface area contributed by atoms with Gasteiger partial charge in [-0.25, -0.2) is 9.18 Å². The van der Waals surface area contributed by atoms with Gasteiger partial charge in [0.25, 0.3) is 0 Å². The van der Waals surface area contributed by atoms with Crippen LogP contribution in [0.3, 0.4) is 0 Å². The smallest absolute Gasteiger partial charge is 0.322 e. The Morgan fingerprint density at radius 1 is 1.25 bits per heavy atom. The summed E-state index contributed by atoms with van der Waals surface area (Å²) < 4.78 is 18.9. The van der Waals surface area contributed by atoms with Crippen LogP contribution >= 0.6 is 0 Å². The maximum Gasteiger partial charge on any atom is 0.322 e. The zero-order chi connectivity index (χ0) is 19.8. The molecule has 1 N–H and O–H groups in total. The molecule has 0 aliphatic carbocycles. The highest BCUT2D eigenvalue weighted by Gasteiger charge is 2.38. The first-order valence-electron chi connectivity index (χ1n) is 9.24. The number of aryl methyl sites for hydroxylation is 1. The fourth-order valence-electron chi connectivity index (χ4n) is 3.97. The molecule has 7 heteroatoms. The zero-order valence-corrected chi connectivity index (χ0v) is 15.9. The summed E-state index contributed by atoms with van der Waals surface area (Å²) in [5, 5.41) is 2.85. The number of nitrogens with zero attached hydrogens (tertiary/aromatic N) is 2. The normalized spacial score (nSPS) is 18.4. The maximum atomic E-state index is 13.6. The SMILES string of the molecule is COc1ccc(C)cc1NC(=O)N1CC(=O)N2CCc3cc(F)ccc3C2C1. The molecule has 4 rings (SSSR count). The van der Waals surface area contributed by atoms with Gasteiger partial charge in [-0.1, -0.05) is 12.1 Å². The van der Waals surface area contributed by atoms with Crippen molar-refractivity contribution in [1.29, 1.82) is 0 Å². The second kappa shape index (κ2) is 7.14. The number of fused-ring (bicyclic) bond motifs is 3. The second-order valence-electron chi connectivity index (χ2n) is 7.21. The molecule has 1 atom stereocenters. The van der Waals surface area contributed by atoms with Crippen molar-refractivity contribution >= 4 is 17.6 Å². The van der Waals surface area contributed by atoms with Crippen molar-refractivity contribution in [2.45, 2.75) is 19.4 Å². The summed E-state index contributed by atoms with van der Waals surface area (Å²) in [6, 6.07) is 9.56. The lowest BCUT2D eigenvalue weighted by Gasteiger charge is -2.44. The van der Waals surface area contributed by atoms with Crippen LogP contribution in [0, 0.1) is 12.7 Å². The minimum Gasteiger partial charge on any atom is -0.495 e. The lowest BCUT2D eigenvalue weighted by Crippen LogP contribution is -2.56. The average Bonchev–Trinajstić information content (AvgIpc) is 2.67. The van der Waals surface area contributed by atoms with Crippen LogP contribution in [0.2, 0.25) is 0 Å². The van der Waals surface area contributed by atoms with Gasteiger partial charge in [0.2, 0.25) is 5.91 Å².